The molecule has 0 spiro atoms. The van der Waals surface area contributed by atoms with Crippen molar-refractivity contribution in [2.24, 2.45) is 11.7 Å². The Labute approximate surface area is 63.1 Å². The first-order chi connectivity index (χ1) is 4.36. The van der Waals surface area contributed by atoms with E-state index in [1.807, 2.05) is 11.4 Å². The maximum absolute atomic E-state index is 5.53. The van der Waals surface area contributed by atoms with Crippen molar-refractivity contribution in [2.75, 3.05) is 6.54 Å². The van der Waals surface area contributed by atoms with E-state index in [1.54, 1.807) is 0 Å². The van der Waals surface area contributed by atoms with Crippen molar-refractivity contribution in [3.8, 4) is 0 Å². The average molecular weight is 163 g/mol. The summed E-state index contributed by atoms with van der Waals surface area (Å²) >= 11 is 1.91. The molecular weight excluding hydrogens is 149 g/mol. The molecule has 0 amide bonds. The topological polar surface area (TPSA) is 26.0 Å². The summed E-state index contributed by atoms with van der Waals surface area (Å²) in [7, 11) is 2.74. The highest BCUT2D eigenvalue weighted by Crippen LogP contribution is 2.36. The molecule has 3 unspecified atom stereocenters. The highest BCUT2D eigenvalue weighted by atomic mass is 32.7. The van der Waals surface area contributed by atoms with E-state index in [4.69, 9.17) is 5.73 Å². The zero-order chi connectivity index (χ0) is 6.69. The van der Waals surface area contributed by atoms with Gasteiger partial charge in [0.25, 0.3) is 0 Å². The monoisotopic (exact) mass is 163 g/mol. The minimum atomic E-state index is 0.822. The first-order valence-electron chi connectivity index (χ1n) is 3.42. The lowest BCUT2D eigenvalue weighted by atomic mass is 10.1. The van der Waals surface area contributed by atoms with Crippen LogP contribution in [-0.2, 0) is 0 Å². The average Bonchev–Trinajstić information content (AvgIpc) is 2.34. The number of hydrogen-bond acceptors (Lipinski definition) is 2. The van der Waals surface area contributed by atoms with Gasteiger partial charge in [0, 0.05) is 5.25 Å². The maximum atomic E-state index is 5.53. The molecule has 3 atom stereocenters. The van der Waals surface area contributed by atoms with Gasteiger partial charge in [0.15, 0.2) is 0 Å². The van der Waals surface area contributed by atoms with Gasteiger partial charge in [-0.15, -0.1) is 11.4 Å². The van der Waals surface area contributed by atoms with Crippen LogP contribution in [-0.4, -0.2) is 11.8 Å². The molecule has 0 bridgehead atoms. The van der Waals surface area contributed by atoms with Crippen LogP contribution >= 0.6 is 19.8 Å². The normalized spacial score (nSPS) is 35.3. The molecule has 0 aromatic rings. The number of hydrogen-bond donors (Lipinski definition) is 1. The van der Waals surface area contributed by atoms with Gasteiger partial charge in [-0.2, -0.15) is 0 Å². The van der Waals surface area contributed by atoms with Gasteiger partial charge >= 0.3 is 0 Å². The van der Waals surface area contributed by atoms with Crippen LogP contribution < -0.4 is 5.73 Å². The predicted octanol–water partition coefficient (Wildman–Crippen LogP) is 1.64. The molecule has 1 nitrogen and oxygen atoms in total. The fourth-order valence-electron chi connectivity index (χ4n) is 1.37. The predicted molar refractivity (Wildman–Crippen MR) is 47.5 cm³/mol. The Balaban J connectivity index is 2.20. The standard InChI is InChI=1S/C6H14NPS/c7-4-5-1-2-6(3-5)9-8/h5-6H,1-4,7-8H2. The largest absolute Gasteiger partial charge is 0.330 e. The Morgan fingerprint density at radius 1 is 1.56 bits per heavy atom. The molecule has 2 N–H and O–H groups in total. The first-order valence-corrected chi connectivity index (χ1v) is 5.78. The highest BCUT2D eigenvalue weighted by molar-refractivity contribution is 8.44. The van der Waals surface area contributed by atoms with Crippen LogP contribution in [0.4, 0.5) is 0 Å². The summed E-state index contributed by atoms with van der Waals surface area (Å²) < 4.78 is 0. The van der Waals surface area contributed by atoms with Gasteiger partial charge in [0.1, 0.15) is 0 Å². The van der Waals surface area contributed by atoms with Gasteiger partial charge in [0.2, 0.25) is 0 Å². The Hall–Kier alpha value is 0.740. The van der Waals surface area contributed by atoms with Gasteiger partial charge in [-0.1, -0.05) is 8.44 Å². The Bertz CT molecular complexity index is 79.1. The Morgan fingerprint density at radius 2 is 2.33 bits per heavy atom. The Morgan fingerprint density at radius 3 is 2.67 bits per heavy atom. The van der Waals surface area contributed by atoms with Crippen LogP contribution in [0.3, 0.4) is 0 Å². The molecule has 0 heterocycles. The highest BCUT2D eigenvalue weighted by Gasteiger charge is 2.22. The lowest BCUT2D eigenvalue weighted by Gasteiger charge is -2.04. The second-order valence-electron chi connectivity index (χ2n) is 2.67. The van der Waals surface area contributed by atoms with Crippen molar-refractivity contribution >= 4 is 19.8 Å². The zero-order valence-electron chi connectivity index (χ0n) is 5.55. The molecule has 54 valence electrons. The van der Waals surface area contributed by atoms with Crippen LogP contribution in [0.2, 0.25) is 0 Å². The van der Waals surface area contributed by atoms with Crippen LogP contribution in [0.15, 0.2) is 0 Å². The SMILES string of the molecule is NCC1CCC(SP)C1. The third-order valence-electron chi connectivity index (χ3n) is 2.02. The molecule has 0 aliphatic heterocycles. The molecule has 1 aliphatic rings. The van der Waals surface area contributed by atoms with E-state index in [1.165, 1.54) is 19.3 Å². The fourth-order valence-corrected chi connectivity index (χ4v) is 2.76. The van der Waals surface area contributed by atoms with Crippen LogP contribution in [0.1, 0.15) is 19.3 Å². The van der Waals surface area contributed by atoms with Crippen molar-refractivity contribution in [3.05, 3.63) is 0 Å². The summed E-state index contributed by atoms with van der Waals surface area (Å²) in [5, 5.41) is 0.878. The number of nitrogens with two attached hydrogens (primary N) is 1. The van der Waals surface area contributed by atoms with E-state index in [2.05, 4.69) is 8.44 Å². The van der Waals surface area contributed by atoms with E-state index in [-0.39, 0.29) is 0 Å². The van der Waals surface area contributed by atoms with E-state index >= 15 is 0 Å². The van der Waals surface area contributed by atoms with Crippen LogP contribution in [0.5, 0.6) is 0 Å². The quantitative estimate of drug-likeness (QED) is 0.626. The van der Waals surface area contributed by atoms with Crippen molar-refractivity contribution in [2.45, 2.75) is 24.5 Å². The minimum absolute atomic E-state index is 0.822. The first kappa shape index (κ1) is 7.84. The molecule has 3 heteroatoms. The van der Waals surface area contributed by atoms with Gasteiger partial charge in [-0.25, -0.2) is 0 Å². The molecule has 0 aromatic carbocycles. The van der Waals surface area contributed by atoms with E-state index in [0.29, 0.717) is 0 Å². The summed E-state index contributed by atoms with van der Waals surface area (Å²) in [5.41, 5.74) is 5.53. The van der Waals surface area contributed by atoms with Crippen LogP contribution in [0, 0.1) is 5.92 Å². The molecule has 0 aromatic heterocycles. The summed E-state index contributed by atoms with van der Waals surface area (Å²) in [6.07, 6.45) is 4.06. The molecule has 1 saturated carbocycles. The second kappa shape index (κ2) is 3.80. The summed E-state index contributed by atoms with van der Waals surface area (Å²) in [6, 6.07) is 0. The summed E-state index contributed by atoms with van der Waals surface area (Å²) in [6.45, 7) is 0.891. The van der Waals surface area contributed by atoms with Gasteiger partial charge in [-0.3, -0.25) is 0 Å². The van der Waals surface area contributed by atoms with E-state index in [9.17, 15) is 0 Å². The summed E-state index contributed by atoms with van der Waals surface area (Å²) in [4.78, 5) is 0. The summed E-state index contributed by atoms with van der Waals surface area (Å²) in [5.74, 6) is 0.822. The minimum Gasteiger partial charge on any atom is -0.330 e. The van der Waals surface area contributed by atoms with Crippen molar-refractivity contribution in [1.29, 1.82) is 0 Å². The molecule has 1 fully saturated rings. The number of rotatable bonds is 2. The molecule has 0 saturated heterocycles. The zero-order valence-corrected chi connectivity index (χ0v) is 7.52. The molecule has 1 aliphatic carbocycles. The lowest BCUT2D eigenvalue weighted by molar-refractivity contribution is 0.563. The third-order valence-corrected chi connectivity index (χ3v) is 3.99. The molecular formula is C6H14NPS. The fraction of sp³-hybridized carbons (Fsp3) is 1.00. The molecule has 0 radical (unpaired) electrons. The molecule has 9 heavy (non-hydrogen) atoms. The Kier molecular flexibility index (Phi) is 3.31. The smallest absolute Gasteiger partial charge is 0.00866 e. The molecule has 1 rings (SSSR count). The van der Waals surface area contributed by atoms with Crippen molar-refractivity contribution < 1.29 is 0 Å². The van der Waals surface area contributed by atoms with E-state index in [0.717, 1.165) is 17.7 Å². The third kappa shape index (κ3) is 2.10. The lowest BCUT2D eigenvalue weighted by Crippen LogP contribution is -2.10. The van der Waals surface area contributed by atoms with Gasteiger partial charge in [0.05, 0.1) is 0 Å². The second-order valence-corrected chi connectivity index (χ2v) is 4.43. The van der Waals surface area contributed by atoms with Crippen LogP contribution in [0.25, 0.3) is 0 Å². The maximum Gasteiger partial charge on any atom is 0.00866 e. The van der Waals surface area contributed by atoms with Crippen molar-refractivity contribution in [3.63, 3.8) is 0 Å². The van der Waals surface area contributed by atoms with E-state index < -0.39 is 0 Å². The van der Waals surface area contributed by atoms with Gasteiger partial charge < -0.3 is 5.73 Å². The van der Waals surface area contributed by atoms with Crippen molar-refractivity contribution in [1.82, 2.24) is 0 Å². The van der Waals surface area contributed by atoms with Gasteiger partial charge in [-0.05, 0) is 31.7 Å².